The zero-order valence-corrected chi connectivity index (χ0v) is 14.7. The van der Waals surface area contributed by atoms with Gasteiger partial charge < -0.3 is 9.42 Å². The Labute approximate surface area is 148 Å². The van der Waals surface area contributed by atoms with Crippen molar-refractivity contribution >= 4 is 27.3 Å². The number of aromatic nitrogens is 1. The SMILES string of the molecule is Cc1cc(CN2CCN(C(=O)c3cc4c(F)cccc4s3)CC2)on1. The van der Waals surface area contributed by atoms with Crippen LogP contribution in [0.1, 0.15) is 21.1 Å². The second-order valence-corrected chi connectivity index (χ2v) is 7.35. The van der Waals surface area contributed by atoms with Gasteiger partial charge in [-0.3, -0.25) is 9.69 Å². The maximum Gasteiger partial charge on any atom is 0.264 e. The molecule has 2 aromatic heterocycles. The lowest BCUT2D eigenvalue weighted by Gasteiger charge is -2.33. The van der Waals surface area contributed by atoms with Crippen LogP contribution in [0.25, 0.3) is 10.1 Å². The Kier molecular flexibility index (Phi) is 4.27. The predicted molar refractivity (Wildman–Crippen MR) is 94.2 cm³/mol. The number of carbonyl (C=O) groups is 1. The highest BCUT2D eigenvalue weighted by atomic mass is 32.1. The zero-order chi connectivity index (χ0) is 17.4. The number of fused-ring (bicyclic) bond motifs is 1. The third kappa shape index (κ3) is 3.29. The molecule has 1 fully saturated rings. The van der Waals surface area contributed by atoms with E-state index in [0.29, 0.717) is 29.9 Å². The minimum atomic E-state index is -0.278. The molecule has 0 radical (unpaired) electrons. The summed E-state index contributed by atoms with van der Waals surface area (Å²) in [4.78, 5) is 17.4. The molecule has 4 rings (SSSR count). The van der Waals surface area contributed by atoms with Crippen LogP contribution in [0.3, 0.4) is 0 Å². The molecule has 0 N–H and O–H groups in total. The number of aryl methyl sites for hydroxylation is 1. The van der Waals surface area contributed by atoms with E-state index < -0.39 is 0 Å². The Morgan fingerprint density at radius 3 is 2.76 bits per heavy atom. The third-order valence-electron chi connectivity index (χ3n) is 4.43. The summed E-state index contributed by atoms with van der Waals surface area (Å²) >= 11 is 1.35. The van der Waals surface area contributed by atoms with Gasteiger partial charge in [0.25, 0.3) is 5.91 Å². The molecule has 0 atom stereocenters. The largest absolute Gasteiger partial charge is 0.360 e. The van der Waals surface area contributed by atoms with Gasteiger partial charge in [0.15, 0.2) is 5.76 Å². The van der Waals surface area contributed by atoms with Gasteiger partial charge in [0.2, 0.25) is 0 Å². The van der Waals surface area contributed by atoms with Crippen molar-refractivity contribution in [1.29, 1.82) is 0 Å². The fourth-order valence-electron chi connectivity index (χ4n) is 3.11. The molecule has 1 aliphatic rings. The Morgan fingerprint density at radius 1 is 1.28 bits per heavy atom. The Bertz CT molecular complexity index is 912. The molecule has 7 heteroatoms. The topological polar surface area (TPSA) is 49.6 Å². The molecular formula is C18H18FN3O2S. The molecule has 0 aliphatic carbocycles. The van der Waals surface area contributed by atoms with E-state index in [1.54, 1.807) is 12.1 Å². The maximum atomic E-state index is 13.8. The van der Waals surface area contributed by atoms with Gasteiger partial charge >= 0.3 is 0 Å². The molecule has 0 bridgehead atoms. The molecule has 130 valence electrons. The first-order valence-corrected chi connectivity index (χ1v) is 9.04. The number of rotatable bonds is 3. The molecule has 3 heterocycles. The number of halogens is 1. The van der Waals surface area contributed by atoms with E-state index in [0.717, 1.165) is 29.2 Å². The number of hydrogen-bond acceptors (Lipinski definition) is 5. The summed E-state index contributed by atoms with van der Waals surface area (Å²) in [6.45, 7) is 5.48. The van der Waals surface area contributed by atoms with Gasteiger partial charge in [0, 0.05) is 42.3 Å². The molecule has 0 saturated carbocycles. The number of nitrogens with zero attached hydrogens (tertiary/aromatic N) is 3. The summed E-state index contributed by atoms with van der Waals surface area (Å²) < 4.78 is 19.9. The van der Waals surface area contributed by atoms with Gasteiger partial charge in [-0.25, -0.2) is 4.39 Å². The van der Waals surface area contributed by atoms with E-state index in [1.165, 1.54) is 17.4 Å². The van der Waals surface area contributed by atoms with E-state index in [-0.39, 0.29) is 11.7 Å². The van der Waals surface area contributed by atoms with Gasteiger partial charge in [-0.15, -0.1) is 11.3 Å². The average Bonchev–Trinajstić information content (AvgIpc) is 3.22. The first kappa shape index (κ1) is 16.2. The van der Waals surface area contributed by atoms with E-state index >= 15 is 0 Å². The highest BCUT2D eigenvalue weighted by Gasteiger charge is 2.24. The van der Waals surface area contributed by atoms with Gasteiger partial charge in [0.1, 0.15) is 5.82 Å². The summed E-state index contributed by atoms with van der Waals surface area (Å²) in [6.07, 6.45) is 0. The minimum absolute atomic E-state index is 0.0178. The molecule has 5 nitrogen and oxygen atoms in total. The van der Waals surface area contributed by atoms with Crippen LogP contribution in [-0.2, 0) is 6.54 Å². The van der Waals surface area contributed by atoms with Crippen LogP contribution in [0.2, 0.25) is 0 Å². The second-order valence-electron chi connectivity index (χ2n) is 6.27. The number of piperazine rings is 1. The molecule has 1 aromatic carbocycles. The molecule has 0 spiro atoms. The molecule has 0 unspecified atom stereocenters. The first-order valence-electron chi connectivity index (χ1n) is 8.22. The monoisotopic (exact) mass is 359 g/mol. The molecule has 25 heavy (non-hydrogen) atoms. The Hall–Kier alpha value is -2.25. The van der Waals surface area contributed by atoms with Crippen LogP contribution >= 0.6 is 11.3 Å². The number of hydrogen-bond donors (Lipinski definition) is 0. The zero-order valence-electron chi connectivity index (χ0n) is 13.9. The van der Waals surface area contributed by atoms with Crippen molar-refractivity contribution in [1.82, 2.24) is 15.0 Å². The van der Waals surface area contributed by atoms with Crippen molar-refractivity contribution in [2.45, 2.75) is 13.5 Å². The van der Waals surface area contributed by atoms with E-state index in [2.05, 4.69) is 10.1 Å². The van der Waals surface area contributed by atoms with Crippen molar-refractivity contribution in [2.75, 3.05) is 26.2 Å². The lowest BCUT2D eigenvalue weighted by molar-refractivity contribution is 0.0622. The number of benzene rings is 1. The summed E-state index contributed by atoms with van der Waals surface area (Å²) in [6, 6.07) is 8.54. The van der Waals surface area contributed by atoms with Crippen molar-refractivity contribution in [3.8, 4) is 0 Å². The quantitative estimate of drug-likeness (QED) is 0.720. The highest BCUT2D eigenvalue weighted by Crippen LogP contribution is 2.28. The lowest BCUT2D eigenvalue weighted by Crippen LogP contribution is -2.48. The Morgan fingerprint density at radius 2 is 2.08 bits per heavy atom. The van der Waals surface area contributed by atoms with Crippen LogP contribution in [0.15, 0.2) is 34.9 Å². The van der Waals surface area contributed by atoms with Crippen molar-refractivity contribution in [2.24, 2.45) is 0 Å². The number of carbonyl (C=O) groups excluding carboxylic acids is 1. The van der Waals surface area contributed by atoms with Crippen molar-refractivity contribution in [3.63, 3.8) is 0 Å². The molecule has 3 aromatic rings. The van der Waals surface area contributed by atoms with Crippen LogP contribution in [0, 0.1) is 12.7 Å². The van der Waals surface area contributed by atoms with E-state index in [1.807, 2.05) is 24.0 Å². The number of amides is 1. The average molecular weight is 359 g/mol. The van der Waals surface area contributed by atoms with Crippen LogP contribution in [-0.4, -0.2) is 47.0 Å². The van der Waals surface area contributed by atoms with Gasteiger partial charge in [0.05, 0.1) is 17.1 Å². The van der Waals surface area contributed by atoms with Gasteiger partial charge in [-0.05, 0) is 25.1 Å². The summed E-state index contributed by atoms with van der Waals surface area (Å²) in [5, 5.41) is 4.42. The second kappa shape index (κ2) is 6.57. The Balaban J connectivity index is 1.41. The van der Waals surface area contributed by atoms with Gasteiger partial charge in [-0.2, -0.15) is 0 Å². The molecular weight excluding hydrogens is 341 g/mol. The standard InChI is InChI=1S/C18H18FN3O2S/c1-12-9-13(24-20-12)11-21-5-7-22(8-6-21)18(23)17-10-14-15(19)3-2-4-16(14)25-17/h2-4,9-10H,5-8,11H2,1H3. The summed E-state index contributed by atoms with van der Waals surface area (Å²) in [5.74, 6) is 0.549. The summed E-state index contributed by atoms with van der Waals surface area (Å²) in [7, 11) is 0. The van der Waals surface area contributed by atoms with Crippen LogP contribution < -0.4 is 0 Å². The van der Waals surface area contributed by atoms with Crippen molar-refractivity contribution < 1.29 is 13.7 Å². The lowest BCUT2D eigenvalue weighted by atomic mass is 10.2. The number of thiophene rings is 1. The smallest absolute Gasteiger partial charge is 0.264 e. The maximum absolute atomic E-state index is 13.8. The van der Waals surface area contributed by atoms with E-state index in [9.17, 15) is 9.18 Å². The van der Waals surface area contributed by atoms with Crippen LogP contribution in [0.5, 0.6) is 0 Å². The van der Waals surface area contributed by atoms with Gasteiger partial charge in [-0.1, -0.05) is 11.2 Å². The minimum Gasteiger partial charge on any atom is -0.360 e. The molecule has 1 saturated heterocycles. The summed E-state index contributed by atoms with van der Waals surface area (Å²) in [5.41, 5.74) is 0.876. The first-order chi connectivity index (χ1) is 12.1. The normalized spacial score (nSPS) is 15.8. The fraction of sp³-hybridized carbons (Fsp3) is 0.333. The van der Waals surface area contributed by atoms with E-state index in [4.69, 9.17) is 4.52 Å². The predicted octanol–water partition coefficient (Wildman–Crippen LogP) is 3.29. The van der Waals surface area contributed by atoms with Crippen LogP contribution in [0.4, 0.5) is 4.39 Å². The molecule has 1 amide bonds. The fourth-order valence-corrected chi connectivity index (χ4v) is 4.15. The van der Waals surface area contributed by atoms with Crippen molar-refractivity contribution in [3.05, 3.63) is 52.5 Å². The third-order valence-corrected chi connectivity index (χ3v) is 5.52. The highest BCUT2D eigenvalue weighted by molar-refractivity contribution is 7.20. The molecule has 1 aliphatic heterocycles.